The number of hydrogen-bond donors (Lipinski definition) is 1. The van der Waals surface area contributed by atoms with Crippen molar-refractivity contribution in [2.45, 2.75) is 5.92 Å². The summed E-state index contributed by atoms with van der Waals surface area (Å²) in [6, 6.07) is 5.83. The van der Waals surface area contributed by atoms with Crippen LogP contribution in [0.4, 0.5) is 0 Å². The van der Waals surface area contributed by atoms with Gasteiger partial charge in [0.2, 0.25) is 0 Å². The molecule has 0 aliphatic carbocycles. The minimum atomic E-state index is -0.340. The van der Waals surface area contributed by atoms with E-state index in [4.69, 9.17) is 5.26 Å². The molecule has 0 radical (unpaired) electrons. The van der Waals surface area contributed by atoms with Crippen LogP contribution in [0.3, 0.4) is 0 Å². The van der Waals surface area contributed by atoms with Gasteiger partial charge in [0, 0.05) is 24.8 Å². The number of aromatic amines is 1. The summed E-state index contributed by atoms with van der Waals surface area (Å²) >= 11 is 0. The first-order chi connectivity index (χ1) is 6.92. The van der Waals surface area contributed by atoms with Gasteiger partial charge in [0.1, 0.15) is 11.7 Å². The molecule has 2 rings (SSSR count). The van der Waals surface area contributed by atoms with Crippen molar-refractivity contribution < 1.29 is 0 Å². The van der Waals surface area contributed by atoms with Crippen LogP contribution in [0.25, 0.3) is 0 Å². The monoisotopic (exact) mass is 184 g/mol. The molecule has 0 bridgehead atoms. The molecule has 14 heavy (non-hydrogen) atoms. The molecule has 0 aliphatic rings. The first-order valence-electron chi connectivity index (χ1n) is 4.20. The van der Waals surface area contributed by atoms with Gasteiger partial charge in [0.05, 0.1) is 6.07 Å². The Morgan fingerprint density at radius 2 is 2.07 bits per heavy atom. The lowest BCUT2D eigenvalue weighted by Crippen LogP contribution is -2.00. The number of rotatable bonds is 2. The van der Waals surface area contributed by atoms with E-state index in [9.17, 15) is 0 Å². The number of nitrogens with zero attached hydrogens (tertiary/aromatic N) is 3. The molecule has 0 saturated heterocycles. The largest absolute Gasteiger partial charge is 0.347 e. The van der Waals surface area contributed by atoms with Crippen LogP contribution in [0.1, 0.15) is 17.3 Å². The van der Waals surface area contributed by atoms with Crippen LogP contribution in [-0.4, -0.2) is 15.0 Å². The molecule has 68 valence electrons. The average molecular weight is 184 g/mol. The topological polar surface area (TPSA) is 65.4 Å². The van der Waals surface area contributed by atoms with Crippen molar-refractivity contribution in [3.63, 3.8) is 0 Å². The molecule has 2 aromatic heterocycles. The first kappa shape index (κ1) is 8.45. The van der Waals surface area contributed by atoms with E-state index in [1.54, 1.807) is 24.8 Å². The fourth-order valence-electron chi connectivity index (χ4n) is 1.28. The Hall–Kier alpha value is -2.15. The van der Waals surface area contributed by atoms with E-state index in [0.717, 1.165) is 5.56 Å². The van der Waals surface area contributed by atoms with Gasteiger partial charge in [-0.2, -0.15) is 5.26 Å². The molecule has 0 aliphatic heterocycles. The highest BCUT2D eigenvalue weighted by Crippen LogP contribution is 2.19. The van der Waals surface area contributed by atoms with E-state index in [-0.39, 0.29) is 5.92 Å². The highest BCUT2D eigenvalue weighted by molar-refractivity contribution is 5.29. The Labute approximate surface area is 81.3 Å². The molecule has 1 N–H and O–H groups in total. The third kappa shape index (κ3) is 1.48. The summed E-state index contributed by atoms with van der Waals surface area (Å²) in [5.41, 5.74) is 0.900. The number of pyridine rings is 1. The van der Waals surface area contributed by atoms with Crippen molar-refractivity contribution in [2.24, 2.45) is 0 Å². The molecule has 4 heteroatoms. The normalized spacial score (nSPS) is 11.9. The van der Waals surface area contributed by atoms with Crippen LogP contribution in [0.2, 0.25) is 0 Å². The Balaban J connectivity index is 2.38. The van der Waals surface area contributed by atoms with Crippen molar-refractivity contribution in [1.29, 1.82) is 5.26 Å². The summed E-state index contributed by atoms with van der Waals surface area (Å²) in [7, 11) is 0. The van der Waals surface area contributed by atoms with Crippen LogP contribution >= 0.6 is 0 Å². The van der Waals surface area contributed by atoms with E-state index in [0.29, 0.717) is 5.82 Å². The number of nitrogens with one attached hydrogen (secondary N) is 1. The molecule has 0 amide bonds. The van der Waals surface area contributed by atoms with Gasteiger partial charge >= 0.3 is 0 Å². The Morgan fingerprint density at radius 3 is 2.64 bits per heavy atom. The minimum absolute atomic E-state index is 0.340. The van der Waals surface area contributed by atoms with Crippen LogP contribution < -0.4 is 0 Å². The maximum absolute atomic E-state index is 9.02. The zero-order chi connectivity index (χ0) is 9.80. The highest BCUT2D eigenvalue weighted by Gasteiger charge is 2.14. The fourth-order valence-corrected chi connectivity index (χ4v) is 1.28. The molecule has 1 unspecified atom stereocenters. The lowest BCUT2D eigenvalue weighted by Gasteiger charge is -2.04. The summed E-state index contributed by atoms with van der Waals surface area (Å²) in [5, 5.41) is 9.02. The number of H-pyrrole nitrogens is 1. The number of hydrogen-bond acceptors (Lipinski definition) is 3. The maximum atomic E-state index is 9.02. The van der Waals surface area contributed by atoms with Gasteiger partial charge in [-0.25, -0.2) is 4.98 Å². The molecule has 4 nitrogen and oxygen atoms in total. The summed E-state index contributed by atoms with van der Waals surface area (Å²) in [6.07, 6.45) is 6.69. The molecule has 2 aromatic rings. The molecule has 0 fully saturated rings. The van der Waals surface area contributed by atoms with Crippen molar-refractivity contribution >= 4 is 0 Å². The van der Waals surface area contributed by atoms with E-state index in [2.05, 4.69) is 21.0 Å². The van der Waals surface area contributed by atoms with Gasteiger partial charge in [-0.05, 0) is 17.7 Å². The molecular weight excluding hydrogens is 176 g/mol. The van der Waals surface area contributed by atoms with Crippen molar-refractivity contribution in [3.05, 3.63) is 48.3 Å². The van der Waals surface area contributed by atoms with Gasteiger partial charge in [0.15, 0.2) is 0 Å². The number of imidazole rings is 1. The van der Waals surface area contributed by atoms with E-state index in [1.807, 2.05) is 12.1 Å². The van der Waals surface area contributed by atoms with Crippen LogP contribution in [-0.2, 0) is 0 Å². The fraction of sp³-hybridized carbons (Fsp3) is 0.100. The van der Waals surface area contributed by atoms with E-state index < -0.39 is 0 Å². The second-order valence-corrected chi connectivity index (χ2v) is 2.82. The van der Waals surface area contributed by atoms with E-state index >= 15 is 0 Å². The highest BCUT2D eigenvalue weighted by atomic mass is 14.9. The molecule has 2 heterocycles. The SMILES string of the molecule is N#CC(c1ccncc1)c1ncc[nH]1. The zero-order valence-corrected chi connectivity index (χ0v) is 7.38. The van der Waals surface area contributed by atoms with Gasteiger partial charge < -0.3 is 4.98 Å². The van der Waals surface area contributed by atoms with Gasteiger partial charge in [-0.3, -0.25) is 4.98 Å². The Morgan fingerprint density at radius 1 is 1.29 bits per heavy atom. The van der Waals surface area contributed by atoms with Crippen molar-refractivity contribution in [1.82, 2.24) is 15.0 Å². The van der Waals surface area contributed by atoms with Gasteiger partial charge in [-0.15, -0.1) is 0 Å². The lowest BCUT2D eigenvalue weighted by molar-refractivity contribution is 0.923. The Bertz CT molecular complexity index is 427. The summed E-state index contributed by atoms with van der Waals surface area (Å²) in [5.74, 6) is 0.326. The first-order valence-corrected chi connectivity index (χ1v) is 4.20. The van der Waals surface area contributed by atoms with Crippen LogP contribution in [0.15, 0.2) is 36.9 Å². The standard InChI is InChI=1S/C10H8N4/c11-7-9(10-13-5-6-14-10)8-1-3-12-4-2-8/h1-6,9H,(H,13,14). The average Bonchev–Trinajstić information content (AvgIpc) is 2.74. The third-order valence-corrected chi connectivity index (χ3v) is 1.96. The van der Waals surface area contributed by atoms with Crippen molar-refractivity contribution in [3.8, 4) is 6.07 Å². The van der Waals surface area contributed by atoms with Crippen LogP contribution in [0, 0.1) is 11.3 Å². The Kier molecular flexibility index (Phi) is 2.24. The summed E-state index contributed by atoms with van der Waals surface area (Å²) in [6.45, 7) is 0. The third-order valence-electron chi connectivity index (χ3n) is 1.96. The predicted octanol–water partition coefficient (Wildman–Crippen LogP) is 1.46. The molecule has 1 atom stereocenters. The molecule has 0 spiro atoms. The second-order valence-electron chi connectivity index (χ2n) is 2.82. The smallest absolute Gasteiger partial charge is 0.129 e. The van der Waals surface area contributed by atoms with Crippen molar-refractivity contribution in [2.75, 3.05) is 0 Å². The zero-order valence-electron chi connectivity index (χ0n) is 7.38. The predicted molar refractivity (Wildman–Crippen MR) is 50.3 cm³/mol. The minimum Gasteiger partial charge on any atom is -0.347 e. The molecular formula is C10H8N4. The second kappa shape index (κ2) is 3.71. The molecule has 0 aromatic carbocycles. The summed E-state index contributed by atoms with van der Waals surface area (Å²) in [4.78, 5) is 10.9. The summed E-state index contributed by atoms with van der Waals surface area (Å²) < 4.78 is 0. The van der Waals surface area contributed by atoms with E-state index in [1.165, 1.54) is 0 Å². The van der Waals surface area contributed by atoms with Crippen LogP contribution in [0.5, 0.6) is 0 Å². The number of nitriles is 1. The van der Waals surface area contributed by atoms with Gasteiger partial charge in [-0.1, -0.05) is 0 Å². The van der Waals surface area contributed by atoms with Gasteiger partial charge in [0.25, 0.3) is 0 Å². The quantitative estimate of drug-likeness (QED) is 0.768. The maximum Gasteiger partial charge on any atom is 0.129 e. The number of aromatic nitrogens is 3. The lowest BCUT2D eigenvalue weighted by atomic mass is 10.0. The molecule has 0 saturated carbocycles.